The van der Waals surface area contributed by atoms with Crippen LogP contribution < -0.4 is 5.32 Å². The predicted octanol–water partition coefficient (Wildman–Crippen LogP) is 0.827. The molecule has 5 heteroatoms. The van der Waals surface area contributed by atoms with E-state index in [2.05, 4.69) is 5.32 Å². The number of carboxylic acid groups (broad SMARTS) is 1. The fourth-order valence-electron chi connectivity index (χ4n) is 2.72. The van der Waals surface area contributed by atoms with E-state index in [1.807, 2.05) is 0 Å². The van der Waals surface area contributed by atoms with Gasteiger partial charge in [-0.2, -0.15) is 0 Å². The van der Waals surface area contributed by atoms with E-state index in [0.29, 0.717) is 12.8 Å². The fraction of sp³-hybridized carbons (Fsp3) is 0.889. The summed E-state index contributed by atoms with van der Waals surface area (Å²) in [4.78, 5) is 12.2. The summed E-state index contributed by atoms with van der Waals surface area (Å²) >= 11 is 0. The van der Waals surface area contributed by atoms with Crippen molar-refractivity contribution in [2.75, 3.05) is 7.05 Å². The highest BCUT2D eigenvalue weighted by molar-refractivity contribution is 5.66. The van der Waals surface area contributed by atoms with Crippen molar-refractivity contribution in [1.82, 2.24) is 10.2 Å². The van der Waals surface area contributed by atoms with E-state index in [1.54, 1.807) is 7.05 Å². The van der Waals surface area contributed by atoms with Crippen molar-refractivity contribution in [2.24, 2.45) is 0 Å². The van der Waals surface area contributed by atoms with Crippen molar-refractivity contribution < 1.29 is 14.3 Å². The Morgan fingerprint density at radius 2 is 2.29 bits per heavy atom. The summed E-state index contributed by atoms with van der Waals surface area (Å²) < 4.78 is 13.8. The molecule has 2 N–H and O–H groups in total. The molecule has 80 valence electrons. The molecule has 0 saturated carbocycles. The van der Waals surface area contributed by atoms with Crippen LogP contribution in [-0.4, -0.2) is 47.4 Å². The molecule has 2 aliphatic rings. The van der Waals surface area contributed by atoms with Crippen LogP contribution in [0.25, 0.3) is 0 Å². The van der Waals surface area contributed by atoms with Gasteiger partial charge in [-0.25, -0.2) is 9.18 Å². The van der Waals surface area contributed by atoms with Crippen LogP contribution in [0.4, 0.5) is 9.18 Å². The monoisotopic (exact) mass is 202 g/mol. The summed E-state index contributed by atoms with van der Waals surface area (Å²) in [5.41, 5.74) is 0. The molecule has 2 saturated heterocycles. The van der Waals surface area contributed by atoms with Gasteiger partial charge in [-0.3, -0.25) is 4.90 Å². The number of nitrogens with one attached hydrogen (secondary N) is 1. The molecular formula is C9H15FN2O2. The van der Waals surface area contributed by atoms with Gasteiger partial charge < -0.3 is 10.4 Å². The van der Waals surface area contributed by atoms with Gasteiger partial charge in [0.2, 0.25) is 0 Å². The Balaban J connectivity index is 2.18. The topological polar surface area (TPSA) is 52.6 Å². The van der Waals surface area contributed by atoms with Gasteiger partial charge in [-0.1, -0.05) is 0 Å². The second kappa shape index (κ2) is 3.38. The number of rotatable bonds is 1. The lowest BCUT2D eigenvalue weighted by Gasteiger charge is -2.39. The number of piperidine rings is 1. The number of hydrogen-bond donors (Lipinski definition) is 2. The smallest absolute Gasteiger partial charge is 0.407 e. The average Bonchev–Trinajstić information content (AvgIpc) is 2.50. The molecule has 0 unspecified atom stereocenters. The summed E-state index contributed by atoms with van der Waals surface area (Å²) in [6.07, 6.45) is 0.0244. The Kier molecular flexibility index (Phi) is 2.34. The zero-order chi connectivity index (χ0) is 10.3. The predicted molar refractivity (Wildman–Crippen MR) is 49.0 cm³/mol. The first-order valence-electron chi connectivity index (χ1n) is 4.97. The Labute approximate surface area is 82.1 Å². The van der Waals surface area contributed by atoms with Crippen molar-refractivity contribution >= 4 is 6.09 Å². The maximum atomic E-state index is 13.8. The first kappa shape index (κ1) is 9.71. The minimum absolute atomic E-state index is 0.0157. The number of hydrogen-bond acceptors (Lipinski definition) is 2. The van der Waals surface area contributed by atoms with Gasteiger partial charge in [0.15, 0.2) is 0 Å². The first-order valence-corrected chi connectivity index (χ1v) is 4.97. The van der Waals surface area contributed by atoms with E-state index in [4.69, 9.17) is 5.11 Å². The molecule has 1 amide bonds. The van der Waals surface area contributed by atoms with Crippen LogP contribution in [0.2, 0.25) is 0 Å². The lowest BCUT2D eigenvalue weighted by molar-refractivity contribution is 0.0430. The summed E-state index contributed by atoms with van der Waals surface area (Å²) in [5.74, 6) is 0. The van der Waals surface area contributed by atoms with Crippen LogP contribution in [0.3, 0.4) is 0 Å². The van der Waals surface area contributed by atoms with Gasteiger partial charge in [0.05, 0.1) is 6.04 Å². The zero-order valence-corrected chi connectivity index (χ0v) is 8.11. The van der Waals surface area contributed by atoms with Crippen LogP contribution in [0.15, 0.2) is 0 Å². The third-order valence-corrected chi connectivity index (χ3v) is 3.42. The van der Waals surface area contributed by atoms with Gasteiger partial charge in [-0.05, 0) is 26.3 Å². The second-order valence-corrected chi connectivity index (χ2v) is 4.06. The number of alkyl halides is 1. The van der Waals surface area contributed by atoms with E-state index in [9.17, 15) is 9.18 Å². The number of fused-ring (bicyclic) bond motifs is 2. The van der Waals surface area contributed by atoms with Gasteiger partial charge in [0.1, 0.15) is 6.17 Å². The van der Waals surface area contributed by atoms with E-state index in [0.717, 1.165) is 6.42 Å². The van der Waals surface area contributed by atoms with Gasteiger partial charge in [0, 0.05) is 12.1 Å². The SMILES string of the molecule is CN[C@@H]1C[C@H]2CC[C@@H]([C@@H]1F)N2C(=O)O. The van der Waals surface area contributed by atoms with Gasteiger partial charge >= 0.3 is 6.09 Å². The van der Waals surface area contributed by atoms with E-state index >= 15 is 0 Å². The molecule has 0 aromatic carbocycles. The zero-order valence-electron chi connectivity index (χ0n) is 8.11. The van der Waals surface area contributed by atoms with E-state index in [-0.39, 0.29) is 12.1 Å². The highest BCUT2D eigenvalue weighted by Crippen LogP contribution is 2.37. The number of nitrogens with zero attached hydrogens (tertiary/aromatic N) is 1. The summed E-state index contributed by atoms with van der Waals surface area (Å²) in [5, 5.41) is 11.9. The van der Waals surface area contributed by atoms with Crippen LogP contribution in [-0.2, 0) is 0 Å². The highest BCUT2D eigenvalue weighted by Gasteiger charge is 2.49. The Morgan fingerprint density at radius 3 is 2.86 bits per heavy atom. The molecule has 2 bridgehead atoms. The third kappa shape index (κ3) is 1.27. The number of amides is 1. The Bertz CT molecular complexity index is 249. The third-order valence-electron chi connectivity index (χ3n) is 3.42. The molecule has 0 aromatic rings. The molecule has 4 atom stereocenters. The average molecular weight is 202 g/mol. The molecule has 0 aromatic heterocycles. The Hall–Kier alpha value is -0.840. The molecular weight excluding hydrogens is 187 g/mol. The van der Waals surface area contributed by atoms with Gasteiger partial charge in [0.25, 0.3) is 0 Å². The van der Waals surface area contributed by atoms with Crippen LogP contribution in [0.5, 0.6) is 0 Å². The fourth-order valence-corrected chi connectivity index (χ4v) is 2.72. The lowest BCUT2D eigenvalue weighted by atomic mass is 9.96. The molecule has 2 rings (SSSR count). The molecule has 2 fully saturated rings. The van der Waals surface area contributed by atoms with E-state index in [1.165, 1.54) is 4.90 Å². The maximum absolute atomic E-state index is 13.8. The minimum Gasteiger partial charge on any atom is -0.465 e. The summed E-state index contributed by atoms with van der Waals surface area (Å²) in [6, 6.07) is -0.589. The minimum atomic E-state index is -1.06. The molecule has 14 heavy (non-hydrogen) atoms. The van der Waals surface area contributed by atoms with Crippen LogP contribution in [0, 0.1) is 0 Å². The number of carbonyl (C=O) groups is 1. The second-order valence-electron chi connectivity index (χ2n) is 4.06. The molecule has 2 heterocycles. The standard InChI is InChI=1S/C9H15FN2O2/c1-11-6-4-5-2-3-7(8(6)10)12(5)9(13)14/h5-8,11H,2-4H2,1H3,(H,13,14)/t5-,6-,7+,8-/m1/s1. The quantitative estimate of drug-likeness (QED) is 0.662. The molecule has 2 aliphatic heterocycles. The first-order chi connectivity index (χ1) is 6.65. The van der Waals surface area contributed by atoms with E-state index < -0.39 is 18.3 Å². The summed E-state index contributed by atoms with van der Waals surface area (Å²) in [7, 11) is 1.73. The highest BCUT2D eigenvalue weighted by atomic mass is 19.1. The number of halogens is 1. The molecule has 0 spiro atoms. The summed E-state index contributed by atoms with van der Waals surface area (Å²) in [6.45, 7) is 0. The lowest BCUT2D eigenvalue weighted by Crippen LogP contribution is -2.57. The Morgan fingerprint density at radius 1 is 1.57 bits per heavy atom. The largest absolute Gasteiger partial charge is 0.465 e. The van der Waals surface area contributed by atoms with Crippen molar-refractivity contribution in [3.05, 3.63) is 0 Å². The van der Waals surface area contributed by atoms with Crippen LogP contribution >= 0.6 is 0 Å². The van der Waals surface area contributed by atoms with Crippen molar-refractivity contribution in [3.8, 4) is 0 Å². The molecule has 0 aliphatic carbocycles. The molecule has 4 nitrogen and oxygen atoms in total. The molecule has 0 radical (unpaired) electrons. The van der Waals surface area contributed by atoms with Crippen molar-refractivity contribution in [3.63, 3.8) is 0 Å². The normalized spacial score (nSPS) is 41.4. The van der Waals surface area contributed by atoms with Crippen LogP contribution in [0.1, 0.15) is 19.3 Å². The van der Waals surface area contributed by atoms with Gasteiger partial charge in [-0.15, -0.1) is 0 Å². The van der Waals surface area contributed by atoms with Crippen molar-refractivity contribution in [1.29, 1.82) is 0 Å². The maximum Gasteiger partial charge on any atom is 0.407 e. The van der Waals surface area contributed by atoms with Crippen molar-refractivity contribution in [2.45, 2.75) is 43.6 Å².